The Balaban J connectivity index is 2.27. The van der Waals surface area contributed by atoms with Crippen molar-refractivity contribution in [1.82, 2.24) is 0 Å². The van der Waals surface area contributed by atoms with Gasteiger partial charge in [0.25, 0.3) is 0 Å². The van der Waals surface area contributed by atoms with Gasteiger partial charge in [-0.1, -0.05) is 19.3 Å². The van der Waals surface area contributed by atoms with Crippen LogP contribution in [-0.2, 0) is 19.0 Å². The molecule has 0 amide bonds. The zero-order valence-electron chi connectivity index (χ0n) is 9.00. The van der Waals surface area contributed by atoms with Crippen molar-refractivity contribution >= 4 is 18.0 Å². The number of hydrogen-bond acceptors (Lipinski definition) is 5. The lowest BCUT2D eigenvalue weighted by atomic mass is 9.90. The molecule has 0 atom stereocenters. The molecule has 100 valence electrons. The minimum atomic E-state index is -3.97. The van der Waals surface area contributed by atoms with Crippen molar-refractivity contribution in [2.24, 2.45) is 5.92 Å². The van der Waals surface area contributed by atoms with Crippen LogP contribution in [0, 0.1) is 5.92 Å². The first-order valence-electron chi connectivity index (χ1n) is 5.24. The molecule has 1 fully saturated rings. The topological polar surface area (TPSA) is 44.8 Å². The van der Waals surface area contributed by atoms with Crippen molar-refractivity contribution in [1.29, 1.82) is 0 Å². The van der Waals surface area contributed by atoms with Gasteiger partial charge in [-0.25, -0.2) is 4.79 Å². The Morgan fingerprint density at radius 3 is 2.53 bits per heavy atom. The third-order valence-electron chi connectivity index (χ3n) is 2.58. The summed E-state index contributed by atoms with van der Waals surface area (Å²) in [6.07, 6.45) is 4.91. The number of ether oxygens (including phenoxy) is 1. The third kappa shape index (κ3) is 5.13. The summed E-state index contributed by atoms with van der Waals surface area (Å²) >= 11 is -0.732. The van der Waals surface area contributed by atoms with Gasteiger partial charge in [0.2, 0.25) is 0 Å². The summed E-state index contributed by atoms with van der Waals surface area (Å²) in [5.74, 6) is -1.61. The Bertz CT molecular complexity index is 246. The quantitative estimate of drug-likeness (QED) is 0.322. The predicted molar refractivity (Wildman–Crippen MR) is 53.4 cm³/mol. The second-order valence-electron chi connectivity index (χ2n) is 3.83. The zero-order valence-corrected chi connectivity index (χ0v) is 9.81. The van der Waals surface area contributed by atoms with E-state index in [1.807, 2.05) is 0 Å². The second-order valence-corrected chi connectivity index (χ2v) is 4.65. The van der Waals surface area contributed by atoms with E-state index in [9.17, 15) is 18.1 Å². The van der Waals surface area contributed by atoms with Crippen molar-refractivity contribution in [3.05, 3.63) is 0 Å². The van der Waals surface area contributed by atoms with Crippen molar-refractivity contribution in [2.75, 3.05) is 6.61 Å². The van der Waals surface area contributed by atoms with E-state index in [2.05, 4.69) is 14.2 Å². The lowest BCUT2D eigenvalue weighted by Crippen LogP contribution is -2.29. The fraction of sp³-hybridized carbons (Fsp3) is 0.889. The number of halogens is 3. The number of hydrogen-bond donors (Lipinski definition) is 0. The summed E-state index contributed by atoms with van der Waals surface area (Å²) in [4.78, 5) is 11.0. The van der Waals surface area contributed by atoms with E-state index in [0.29, 0.717) is 0 Å². The maximum atomic E-state index is 12.9. The number of alkyl halides is 2. The van der Waals surface area contributed by atoms with E-state index in [-0.39, 0.29) is 12.5 Å². The highest BCUT2D eigenvalue weighted by atomic mass is 32.2. The molecule has 0 saturated heterocycles. The van der Waals surface area contributed by atoms with Crippen LogP contribution in [0.15, 0.2) is 0 Å². The van der Waals surface area contributed by atoms with Gasteiger partial charge in [0.1, 0.15) is 12.0 Å². The molecular weight excluding hydrogens is 261 g/mol. The summed E-state index contributed by atoms with van der Waals surface area (Å²) in [5.41, 5.74) is 0. The molecule has 17 heavy (non-hydrogen) atoms. The highest BCUT2D eigenvalue weighted by molar-refractivity contribution is 7.96. The Morgan fingerprint density at radius 1 is 1.29 bits per heavy atom. The van der Waals surface area contributed by atoms with Crippen molar-refractivity contribution < 1.29 is 32.3 Å². The summed E-state index contributed by atoms with van der Waals surface area (Å²) in [6, 6.07) is 0. The number of carbonyl (C=O) groups is 1. The van der Waals surface area contributed by atoms with Crippen LogP contribution in [0.3, 0.4) is 0 Å². The van der Waals surface area contributed by atoms with E-state index in [4.69, 9.17) is 0 Å². The Labute approximate surface area is 101 Å². The molecule has 1 aliphatic rings. The molecule has 0 aromatic carbocycles. The normalized spacial score (nSPS) is 18.1. The van der Waals surface area contributed by atoms with E-state index in [1.165, 1.54) is 0 Å². The molecule has 0 aromatic heterocycles. The molecule has 0 heterocycles. The largest absolute Gasteiger partial charge is 0.460 e. The van der Waals surface area contributed by atoms with Crippen LogP contribution < -0.4 is 0 Å². The standard InChI is InChI=1S/C9H13F3O4S/c10-9(11,17-16-15-12)8(13)14-6-7-4-2-1-3-5-7/h7H,1-6H2. The second kappa shape index (κ2) is 7.07. The van der Waals surface area contributed by atoms with Crippen LogP contribution in [0.5, 0.6) is 0 Å². The minimum Gasteiger partial charge on any atom is -0.460 e. The van der Waals surface area contributed by atoms with Crippen molar-refractivity contribution in [3.8, 4) is 0 Å². The van der Waals surface area contributed by atoms with E-state index >= 15 is 0 Å². The maximum absolute atomic E-state index is 12.9. The molecule has 0 aromatic rings. The molecule has 0 aliphatic heterocycles. The van der Waals surface area contributed by atoms with E-state index in [1.54, 1.807) is 0 Å². The van der Waals surface area contributed by atoms with Gasteiger partial charge in [0.05, 0.1) is 6.61 Å². The molecule has 8 heteroatoms. The average molecular weight is 274 g/mol. The van der Waals surface area contributed by atoms with Gasteiger partial charge < -0.3 is 4.74 Å². The maximum Gasteiger partial charge on any atom is 0.415 e. The SMILES string of the molecule is O=C(OCC1CCCCC1)C(F)(F)SOOF. The van der Waals surface area contributed by atoms with Gasteiger partial charge in [-0.05, 0) is 28.4 Å². The first-order chi connectivity index (χ1) is 8.06. The van der Waals surface area contributed by atoms with E-state index < -0.39 is 23.3 Å². The lowest BCUT2D eigenvalue weighted by Gasteiger charge is -2.21. The molecule has 0 spiro atoms. The highest BCUT2D eigenvalue weighted by Gasteiger charge is 2.44. The predicted octanol–water partition coefficient (Wildman–Crippen LogP) is 3.18. The zero-order chi connectivity index (χ0) is 12.7. The Kier molecular flexibility index (Phi) is 6.07. The van der Waals surface area contributed by atoms with Crippen LogP contribution in [0.4, 0.5) is 13.3 Å². The van der Waals surface area contributed by atoms with E-state index in [0.717, 1.165) is 32.1 Å². The number of carbonyl (C=O) groups excluding carboxylic acids is 1. The highest BCUT2D eigenvalue weighted by Crippen LogP contribution is 2.32. The average Bonchev–Trinajstić information content (AvgIpc) is 2.34. The molecule has 4 nitrogen and oxygen atoms in total. The van der Waals surface area contributed by atoms with Crippen LogP contribution in [-0.4, -0.2) is 17.8 Å². The van der Waals surface area contributed by atoms with Gasteiger partial charge in [0, 0.05) is 0 Å². The van der Waals surface area contributed by atoms with Gasteiger partial charge in [-0.3, -0.25) is 0 Å². The van der Waals surface area contributed by atoms with Gasteiger partial charge in [-0.2, -0.15) is 8.78 Å². The van der Waals surface area contributed by atoms with Crippen LogP contribution >= 0.6 is 12.0 Å². The molecule has 0 unspecified atom stereocenters. The smallest absolute Gasteiger partial charge is 0.415 e. The molecule has 0 N–H and O–H groups in total. The van der Waals surface area contributed by atoms with Gasteiger partial charge in [-0.15, -0.1) is 4.33 Å². The number of esters is 1. The summed E-state index contributed by atoms with van der Waals surface area (Å²) in [5, 5.41) is -1.47. The van der Waals surface area contributed by atoms with Crippen molar-refractivity contribution in [2.45, 2.75) is 37.4 Å². The monoisotopic (exact) mass is 274 g/mol. The van der Waals surface area contributed by atoms with Crippen LogP contribution in [0.25, 0.3) is 0 Å². The molecule has 0 bridgehead atoms. The summed E-state index contributed by atoms with van der Waals surface area (Å²) < 4.78 is 44.6. The molecule has 1 saturated carbocycles. The van der Waals surface area contributed by atoms with Crippen LogP contribution in [0.1, 0.15) is 32.1 Å². The first-order valence-corrected chi connectivity index (χ1v) is 5.98. The minimum absolute atomic E-state index is 0.0362. The van der Waals surface area contributed by atoms with Crippen LogP contribution in [0.2, 0.25) is 0 Å². The Hall–Kier alpha value is -0.470. The Morgan fingerprint density at radius 2 is 1.94 bits per heavy atom. The fourth-order valence-corrected chi connectivity index (χ4v) is 1.96. The summed E-state index contributed by atoms with van der Waals surface area (Å²) in [6.45, 7) is -0.0362. The molecule has 1 aliphatic carbocycles. The fourth-order valence-electron chi connectivity index (χ4n) is 1.72. The lowest BCUT2D eigenvalue weighted by molar-refractivity contribution is -0.360. The summed E-state index contributed by atoms with van der Waals surface area (Å²) in [7, 11) is 0. The van der Waals surface area contributed by atoms with Crippen molar-refractivity contribution in [3.63, 3.8) is 0 Å². The third-order valence-corrected chi connectivity index (χ3v) is 3.07. The first kappa shape index (κ1) is 14.6. The van der Waals surface area contributed by atoms with Gasteiger partial charge in [0.15, 0.2) is 0 Å². The van der Waals surface area contributed by atoms with Gasteiger partial charge >= 0.3 is 11.2 Å². The molecule has 1 rings (SSSR count). The molecular formula is C9H13F3O4S. The number of rotatable bonds is 6. The molecule has 0 radical (unpaired) electrons.